The Morgan fingerprint density at radius 2 is 2.20 bits per heavy atom. The predicted molar refractivity (Wildman–Crippen MR) is 82.0 cm³/mol. The molecule has 0 spiro atoms. The summed E-state index contributed by atoms with van der Waals surface area (Å²) in [4.78, 5) is 26.1. The van der Waals surface area contributed by atoms with Gasteiger partial charge in [-0.05, 0) is 12.1 Å². The highest BCUT2D eigenvalue weighted by Crippen LogP contribution is 2.17. The molecule has 0 aliphatic carbocycles. The van der Waals surface area contributed by atoms with Crippen molar-refractivity contribution >= 4 is 17.5 Å². The molecule has 1 aliphatic heterocycles. The van der Waals surface area contributed by atoms with Crippen LogP contribution in [0.15, 0.2) is 34.9 Å². The van der Waals surface area contributed by atoms with Gasteiger partial charge in [0.25, 0.3) is 11.6 Å². The molecule has 1 fully saturated rings. The fourth-order valence-electron chi connectivity index (χ4n) is 2.58. The zero-order valence-electron chi connectivity index (χ0n) is 13.7. The van der Waals surface area contributed by atoms with Crippen molar-refractivity contribution < 1.29 is 28.6 Å². The molecule has 0 saturated carbocycles. The summed E-state index contributed by atoms with van der Waals surface area (Å²) < 4.78 is 11.3. The summed E-state index contributed by atoms with van der Waals surface area (Å²) in [5, 5.41) is 17.8. The van der Waals surface area contributed by atoms with Crippen molar-refractivity contribution in [1.82, 2.24) is 10.2 Å². The van der Waals surface area contributed by atoms with E-state index in [9.17, 15) is 14.7 Å². The van der Waals surface area contributed by atoms with Gasteiger partial charge in [-0.1, -0.05) is 22.9 Å². The van der Waals surface area contributed by atoms with Gasteiger partial charge in [-0.15, -0.1) is 0 Å². The number of amides is 2. The lowest BCUT2D eigenvalue weighted by Crippen LogP contribution is -2.50. The summed E-state index contributed by atoms with van der Waals surface area (Å²) in [5.74, 6) is -1.23. The van der Waals surface area contributed by atoms with Crippen molar-refractivity contribution in [1.29, 1.82) is 0 Å². The van der Waals surface area contributed by atoms with E-state index in [4.69, 9.17) is 4.74 Å². The molecule has 0 bridgehead atoms. The Kier molecular flexibility index (Phi) is 4.94. The minimum absolute atomic E-state index is 0.0673. The number of aromatic nitrogens is 2. The van der Waals surface area contributed by atoms with Crippen LogP contribution in [0.2, 0.25) is 0 Å². The van der Waals surface area contributed by atoms with Crippen LogP contribution in [0.4, 0.5) is 5.69 Å². The number of carbonyl (C=O) groups excluding carboxylic acids is 2. The van der Waals surface area contributed by atoms with Gasteiger partial charge in [0.05, 0.1) is 18.3 Å². The van der Waals surface area contributed by atoms with Crippen LogP contribution in [0.3, 0.4) is 0 Å². The number of benzene rings is 1. The number of morpholine rings is 1. The number of rotatable bonds is 5. The van der Waals surface area contributed by atoms with Crippen LogP contribution < -0.4 is 15.1 Å². The number of aryl methyl sites for hydroxylation is 1. The number of hydrogen-bond acceptors (Lipinski definition) is 6. The molecule has 1 saturated heterocycles. The van der Waals surface area contributed by atoms with Crippen LogP contribution in [0.25, 0.3) is 0 Å². The first-order valence-electron chi connectivity index (χ1n) is 7.82. The highest BCUT2D eigenvalue weighted by molar-refractivity contribution is 5.95. The van der Waals surface area contributed by atoms with Crippen LogP contribution in [-0.4, -0.2) is 41.2 Å². The van der Waals surface area contributed by atoms with Gasteiger partial charge >= 0.3 is 0 Å². The van der Waals surface area contributed by atoms with Crippen molar-refractivity contribution in [3.63, 3.8) is 0 Å². The first kappa shape index (κ1) is 16.9. The minimum atomic E-state index is -0.877. The predicted octanol–water partition coefficient (Wildman–Crippen LogP) is -0.671. The van der Waals surface area contributed by atoms with E-state index in [0.29, 0.717) is 12.2 Å². The number of hydrogen-bond donors (Lipinski definition) is 1. The number of nitrogens with zero attached hydrogens (tertiary/aromatic N) is 3. The fourth-order valence-corrected chi connectivity index (χ4v) is 2.58. The highest BCUT2D eigenvalue weighted by atomic mass is 16.6. The summed E-state index contributed by atoms with van der Waals surface area (Å²) in [6.07, 6.45) is -0.970. The van der Waals surface area contributed by atoms with Gasteiger partial charge in [-0.2, -0.15) is 0 Å². The molecular formula is C16H18N4O5. The third-order valence-corrected chi connectivity index (χ3v) is 3.91. The van der Waals surface area contributed by atoms with Crippen molar-refractivity contribution in [2.75, 3.05) is 18.5 Å². The maximum absolute atomic E-state index is 12.5. The zero-order valence-corrected chi connectivity index (χ0v) is 13.7. The van der Waals surface area contributed by atoms with Crippen LogP contribution in [0, 0.1) is 0 Å². The Bertz CT molecular complexity index is 742. The summed E-state index contributed by atoms with van der Waals surface area (Å²) in [5.41, 5.74) is 0.919. The molecule has 1 aromatic carbocycles. The zero-order chi connectivity index (χ0) is 17.8. The Morgan fingerprint density at radius 3 is 2.88 bits per heavy atom. The lowest BCUT2D eigenvalue weighted by Gasteiger charge is -2.31. The average molecular weight is 346 g/mol. The second kappa shape index (κ2) is 7.31. The van der Waals surface area contributed by atoms with E-state index in [-0.39, 0.29) is 37.1 Å². The third-order valence-electron chi connectivity index (χ3n) is 3.91. The van der Waals surface area contributed by atoms with Crippen molar-refractivity contribution in [2.24, 2.45) is 7.05 Å². The molecule has 9 nitrogen and oxygen atoms in total. The number of ether oxygens (including phenoxy) is 1. The maximum Gasteiger partial charge on any atom is 0.252 e. The molecule has 3 rings (SSSR count). The molecule has 0 radical (unpaired) electrons. The molecule has 1 N–H and O–H groups in total. The molecule has 2 aromatic rings. The second-order valence-corrected chi connectivity index (χ2v) is 5.67. The number of nitrogens with one attached hydrogen (secondary N) is 1. The maximum atomic E-state index is 12.5. The van der Waals surface area contributed by atoms with Crippen LogP contribution in [0.5, 0.6) is 5.95 Å². The van der Waals surface area contributed by atoms with Gasteiger partial charge < -0.3 is 24.6 Å². The van der Waals surface area contributed by atoms with Gasteiger partial charge in [-0.25, -0.2) is 0 Å². The van der Waals surface area contributed by atoms with E-state index in [1.165, 1.54) is 9.58 Å². The first-order valence-corrected chi connectivity index (χ1v) is 7.82. The molecule has 9 heteroatoms. The van der Waals surface area contributed by atoms with Crippen molar-refractivity contribution in [3.8, 4) is 5.95 Å². The first-order chi connectivity index (χ1) is 12.0. The van der Waals surface area contributed by atoms with Gasteiger partial charge in [0.1, 0.15) is 12.6 Å². The monoisotopic (exact) mass is 346 g/mol. The van der Waals surface area contributed by atoms with Crippen molar-refractivity contribution in [3.05, 3.63) is 36.0 Å². The van der Waals surface area contributed by atoms with Gasteiger partial charge in [0.15, 0.2) is 13.0 Å². The molecule has 1 aliphatic rings. The van der Waals surface area contributed by atoms with E-state index in [1.54, 1.807) is 31.3 Å². The van der Waals surface area contributed by atoms with Gasteiger partial charge in [0, 0.05) is 12.2 Å². The molecule has 1 aromatic heterocycles. The Morgan fingerprint density at radius 1 is 1.44 bits per heavy atom. The Labute approximate surface area is 143 Å². The largest absolute Gasteiger partial charge is 0.539 e. The summed E-state index contributed by atoms with van der Waals surface area (Å²) in [6.45, 7) is 0.691. The van der Waals surface area contributed by atoms with Crippen LogP contribution in [-0.2, 0) is 27.9 Å². The second-order valence-electron chi connectivity index (χ2n) is 5.67. The van der Waals surface area contributed by atoms with E-state index in [0.717, 1.165) is 0 Å². The molecule has 2 heterocycles. The quantitative estimate of drug-likeness (QED) is 0.719. The number of carbonyl (C=O) groups is 2. The molecular weight excluding hydrogens is 328 g/mol. The molecule has 1 unspecified atom stereocenters. The van der Waals surface area contributed by atoms with E-state index in [2.05, 4.69) is 15.1 Å². The van der Waals surface area contributed by atoms with Gasteiger partial charge in [-0.3, -0.25) is 9.59 Å². The normalized spacial score (nSPS) is 17.6. The standard InChI is InChI=1S/C16H18N4O5/c1-19-12(16(23)25-18-19)10-20-7-8-24-13(15(20)22)9-14(21)17-11-5-3-2-4-6-11/h2-6,13H,7-10H2,1H3,(H-,17,18,21,23). The van der Waals surface area contributed by atoms with Crippen molar-refractivity contribution in [2.45, 2.75) is 19.1 Å². The Hall–Kier alpha value is -2.94. The number of para-hydroxylation sites is 1. The highest BCUT2D eigenvalue weighted by Gasteiger charge is 2.33. The molecule has 25 heavy (non-hydrogen) atoms. The van der Waals surface area contributed by atoms with E-state index in [1.807, 2.05) is 6.07 Å². The average Bonchev–Trinajstić information content (AvgIpc) is 2.91. The van der Waals surface area contributed by atoms with E-state index < -0.39 is 12.1 Å². The smallest absolute Gasteiger partial charge is 0.252 e. The molecule has 132 valence electrons. The van der Waals surface area contributed by atoms with E-state index >= 15 is 0 Å². The molecule has 1 atom stereocenters. The lowest BCUT2D eigenvalue weighted by atomic mass is 10.1. The van der Waals surface area contributed by atoms with Crippen LogP contribution >= 0.6 is 0 Å². The molecule has 2 amide bonds. The summed E-state index contributed by atoms with van der Waals surface area (Å²) in [7, 11) is 1.57. The summed E-state index contributed by atoms with van der Waals surface area (Å²) in [6, 6.07) is 8.97. The number of anilines is 1. The third kappa shape index (κ3) is 3.94. The SMILES string of the molecule is C[n+]1noc([O-])c1CN1CCOC(CC(=O)Nc2ccccc2)C1=O. The fraction of sp³-hybridized carbons (Fsp3) is 0.375. The van der Waals surface area contributed by atoms with Crippen LogP contribution in [0.1, 0.15) is 12.1 Å². The lowest BCUT2D eigenvalue weighted by molar-refractivity contribution is -0.746. The summed E-state index contributed by atoms with van der Waals surface area (Å²) >= 11 is 0. The topological polar surface area (TPSA) is 112 Å². The minimum Gasteiger partial charge on any atom is -0.539 e. The van der Waals surface area contributed by atoms with Gasteiger partial charge in [0.2, 0.25) is 5.91 Å². The Balaban J connectivity index is 1.61.